The number of benzene rings is 2. The number of nitrogens with zero attached hydrogens (tertiary/aromatic N) is 6. The van der Waals surface area contributed by atoms with E-state index in [0.29, 0.717) is 18.4 Å². The van der Waals surface area contributed by atoms with E-state index in [9.17, 15) is 4.39 Å². The Bertz CT molecular complexity index is 1990. The Morgan fingerprint density at radius 2 is 1.25 bits per heavy atom. The molecule has 0 radical (unpaired) electrons. The number of aryl methyl sites for hydroxylation is 2. The highest BCUT2D eigenvalue weighted by Crippen LogP contribution is 2.28. The van der Waals surface area contributed by atoms with Gasteiger partial charge in [-0.2, -0.15) is 0 Å². The van der Waals surface area contributed by atoms with Gasteiger partial charge in [0, 0.05) is 92.7 Å². The van der Waals surface area contributed by atoms with Crippen molar-refractivity contribution < 1.29 is 9.13 Å². The molecule has 0 saturated carbocycles. The molecule has 8 heteroatoms. The Labute approximate surface area is 282 Å². The number of methoxy groups -OCH3 is 1. The summed E-state index contributed by atoms with van der Waals surface area (Å²) >= 11 is 0. The first-order valence-corrected chi connectivity index (χ1v) is 17.2. The van der Waals surface area contributed by atoms with Gasteiger partial charge in [0.05, 0.1) is 24.2 Å². The minimum absolute atomic E-state index is 0.188. The Balaban J connectivity index is 0.000000152. The molecule has 2 saturated heterocycles. The molecular formula is C40H45FN6O. The van der Waals surface area contributed by atoms with E-state index < -0.39 is 0 Å². The van der Waals surface area contributed by atoms with Crippen molar-refractivity contribution in [2.75, 3.05) is 49.8 Å². The maximum atomic E-state index is 12.5. The molecule has 2 fully saturated rings. The molecule has 6 aromatic rings. The zero-order chi connectivity index (χ0) is 33.0. The molecule has 2 aliphatic rings. The maximum Gasteiger partial charge on any atom is 0.139 e. The van der Waals surface area contributed by atoms with Gasteiger partial charge in [0.2, 0.25) is 0 Å². The molecule has 7 nitrogen and oxygen atoms in total. The van der Waals surface area contributed by atoms with Gasteiger partial charge < -0.3 is 23.3 Å². The molecule has 48 heavy (non-hydrogen) atoms. The molecule has 6 heterocycles. The summed E-state index contributed by atoms with van der Waals surface area (Å²) in [5, 5.41) is 0. The molecule has 0 bridgehead atoms. The minimum atomic E-state index is -0.188. The number of hydrogen-bond acceptors (Lipinski definition) is 5. The molecule has 0 spiro atoms. The highest BCUT2D eigenvalue weighted by atomic mass is 19.1. The molecule has 2 aromatic carbocycles. The summed E-state index contributed by atoms with van der Waals surface area (Å²) in [7, 11) is 1.79. The van der Waals surface area contributed by atoms with Crippen LogP contribution in [0, 0.1) is 19.8 Å². The zero-order valence-electron chi connectivity index (χ0n) is 28.2. The lowest BCUT2D eigenvalue weighted by Gasteiger charge is -2.33. The molecule has 0 aliphatic carbocycles. The Kier molecular flexibility index (Phi) is 9.43. The number of piperidine rings is 1. The highest BCUT2D eigenvalue weighted by molar-refractivity contribution is 5.67. The smallest absolute Gasteiger partial charge is 0.139 e. The highest BCUT2D eigenvalue weighted by Gasteiger charge is 2.23. The molecule has 0 unspecified atom stereocenters. The lowest BCUT2D eigenvalue weighted by atomic mass is 9.94. The zero-order valence-corrected chi connectivity index (χ0v) is 28.2. The van der Waals surface area contributed by atoms with E-state index in [1.807, 2.05) is 0 Å². The quantitative estimate of drug-likeness (QED) is 0.175. The second-order valence-corrected chi connectivity index (χ2v) is 13.3. The predicted octanol–water partition coefficient (Wildman–Crippen LogP) is 8.42. The van der Waals surface area contributed by atoms with Crippen LogP contribution in [0.5, 0.6) is 0 Å². The fourth-order valence-electron chi connectivity index (χ4n) is 7.01. The van der Waals surface area contributed by atoms with Crippen molar-refractivity contribution in [2.45, 2.75) is 45.6 Å². The monoisotopic (exact) mass is 644 g/mol. The first kappa shape index (κ1) is 31.9. The van der Waals surface area contributed by atoms with Crippen LogP contribution < -0.4 is 9.80 Å². The van der Waals surface area contributed by atoms with Gasteiger partial charge in [-0.1, -0.05) is 47.5 Å². The number of pyridine rings is 2. The van der Waals surface area contributed by atoms with Crippen LogP contribution in [0.2, 0.25) is 0 Å². The normalized spacial score (nSPS) is 16.9. The third-order valence-electron chi connectivity index (χ3n) is 9.86. The fourth-order valence-corrected chi connectivity index (χ4v) is 7.01. The van der Waals surface area contributed by atoms with E-state index in [1.165, 1.54) is 22.5 Å². The molecule has 0 amide bonds. The van der Waals surface area contributed by atoms with Crippen LogP contribution in [-0.2, 0) is 4.74 Å². The van der Waals surface area contributed by atoms with Gasteiger partial charge >= 0.3 is 0 Å². The van der Waals surface area contributed by atoms with Gasteiger partial charge in [0.25, 0.3) is 0 Å². The summed E-state index contributed by atoms with van der Waals surface area (Å²) < 4.78 is 22.1. The summed E-state index contributed by atoms with van der Waals surface area (Å²) in [6, 6.07) is 25.6. The Morgan fingerprint density at radius 1 is 0.708 bits per heavy atom. The first-order chi connectivity index (χ1) is 23.4. The van der Waals surface area contributed by atoms with Crippen molar-refractivity contribution in [3.8, 4) is 22.5 Å². The number of rotatable bonds is 7. The number of hydrogen-bond donors (Lipinski definition) is 0. The van der Waals surface area contributed by atoms with Crippen molar-refractivity contribution in [3.05, 3.63) is 109 Å². The van der Waals surface area contributed by atoms with Gasteiger partial charge in [-0.25, -0.2) is 9.97 Å². The average Bonchev–Trinajstić information content (AvgIpc) is 3.87. The SMILES string of the molecule is CO[C@@H]1CCN(c2ccn3cc(-c4cccc(C)c4)nc3c2)C1.Cc1cccc(-c2cn3ccc(N4CCC(CCF)CC4)cc3n2)c1. The molecular weight excluding hydrogens is 599 g/mol. The standard InChI is InChI=1S/C21H24FN3.C19H21N3O/c1-16-3-2-4-18(13-16)20-15-25-12-8-19(14-21(25)23-20)24-10-6-17(5-9-22)7-11-24;1-14-4-3-5-15(10-14)18-13-22-8-6-16(11-19(22)20-18)21-9-7-17(12-21)23-2/h2-4,8,12-15,17H,5-7,9-11H2,1H3;3-6,8,10-11,13,17H,7,9,12H2,1-2H3/t;17-/m.1/s1. The molecule has 8 rings (SSSR count). The van der Waals surface area contributed by atoms with Crippen molar-refractivity contribution >= 4 is 22.7 Å². The number of fused-ring (bicyclic) bond motifs is 2. The van der Waals surface area contributed by atoms with E-state index in [-0.39, 0.29) is 6.67 Å². The number of imidazole rings is 2. The number of aromatic nitrogens is 4. The third-order valence-corrected chi connectivity index (χ3v) is 9.86. The summed E-state index contributed by atoms with van der Waals surface area (Å²) in [5.74, 6) is 0.546. The van der Waals surface area contributed by atoms with Crippen LogP contribution in [0.4, 0.5) is 15.8 Å². The van der Waals surface area contributed by atoms with E-state index >= 15 is 0 Å². The average molecular weight is 645 g/mol. The largest absolute Gasteiger partial charge is 0.380 e. The maximum absolute atomic E-state index is 12.5. The lowest BCUT2D eigenvalue weighted by molar-refractivity contribution is 0.121. The Hall–Kier alpha value is -4.69. The van der Waals surface area contributed by atoms with Crippen LogP contribution in [0.1, 0.15) is 36.8 Å². The van der Waals surface area contributed by atoms with Gasteiger partial charge in [-0.05, 0) is 69.7 Å². The second-order valence-electron chi connectivity index (χ2n) is 13.3. The van der Waals surface area contributed by atoms with E-state index in [2.05, 4.69) is 130 Å². The minimum Gasteiger partial charge on any atom is -0.380 e. The summed E-state index contributed by atoms with van der Waals surface area (Å²) in [6.45, 7) is 8.03. The summed E-state index contributed by atoms with van der Waals surface area (Å²) in [5.41, 5.74) is 11.2. The van der Waals surface area contributed by atoms with Crippen molar-refractivity contribution in [3.63, 3.8) is 0 Å². The number of ether oxygens (including phenoxy) is 1. The molecule has 4 aromatic heterocycles. The Morgan fingerprint density at radius 3 is 1.75 bits per heavy atom. The fraction of sp³-hybridized carbons (Fsp3) is 0.350. The summed E-state index contributed by atoms with van der Waals surface area (Å²) in [4.78, 5) is 14.4. The molecule has 1 atom stereocenters. The van der Waals surface area contributed by atoms with E-state index in [4.69, 9.17) is 14.7 Å². The predicted molar refractivity (Wildman–Crippen MR) is 194 cm³/mol. The van der Waals surface area contributed by atoms with Crippen LogP contribution in [0.15, 0.2) is 97.6 Å². The van der Waals surface area contributed by atoms with Crippen molar-refractivity contribution in [1.29, 1.82) is 0 Å². The van der Waals surface area contributed by atoms with Gasteiger partial charge in [-0.15, -0.1) is 0 Å². The molecule has 248 valence electrons. The lowest BCUT2D eigenvalue weighted by Crippen LogP contribution is -2.33. The third kappa shape index (κ3) is 7.09. The van der Waals surface area contributed by atoms with Crippen LogP contribution >= 0.6 is 0 Å². The van der Waals surface area contributed by atoms with Crippen LogP contribution in [0.25, 0.3) is 33.8 Å². The van der Waals surface area contributed by atoms with Crippen molar-refractivity contribution in [1.82, 2.24) is 18.8 Å². The van der Waals surface area contributed by atoms with Crippen molar-refractivity contribution in [2.24, 2.45) is 5.92 Å². The number of alkyl halides is 1. The van der Waals surface area contributed by atoms with E-state index in [1.54, 1.807) is 7.11 Å². The van der Waals surface area contributed by atoms with Gasteiger partial charge in [0.15, 0.2) is 0 Å². The number of anilines is 2. The summed E-state index contributed by atoms with van der Waals surface area (Å²) in [6.07, 6.45) is 12.7. The van der Waals surface area contributed by atoms with Crippen LogP contribution in [0.3, 0.4) is 0 Å². The first-order valence-electron chi connectivity index (χ1n) is 17.2. The number of halogens is 1. The van der Waals surface area contributed by atoms with Gasteiger partial charge in [-0.3, -0.25) is 4.39 Å². The van der Waals surface area contributed by atoms with E-state index in [0.717, 1.165) is 79.3 Å². The molecule has 0 N–H and O–H groups in total. The van der Waals surface area contributed by atoms with Crippen LogP contribution in [-0.4, -0.2) is 64.8 Å². The van der Waals surface area contributed by atoms with Gasteiger partial charge in [0.1, 0.15) is 11.3 Å². The molecule has 2 aliphatic heterocycles. The topological polar surface area (TPSA) is 50.3 Å². The second kappa shape index (κ2) is 14.2.